The number of nitrogens with two attached hydrogens (primary N) is 1. The maximum Gasteiger partial charge on any atom is 0.170 e. The second-order valence-electron chi connectivity index (χ2n) is 3.18. The first-order valence-electron chi connectivity index (χ1n) is 4.25. The van der Waals surface area contributed by atoms with E-state index in [1.54, 1.807) is 12.1 Å². The molecule has 1 aliphatic rings. The molecular formula is C10H11NO2. The van der Waals surface area contributed by atoms with E-state index in [-0.39, 0.29) is 5.78 Å². The van der Waals surface area contributed by atoms with Crippen molar-refractivity contribution in [2.75, 3.05) is 12.3 Å². The molecule has 1 aromatic carbocycles. The second kappa shape index (κ2) is 2.76. The normalized spacial score (nSPS) is 15.0. The smallest absolute Gasteiger partial charge is 0.170 e. The summed E-state index contributed by atoms with van der Waals surface area (Å²) in [6.07, 6.45) is 0.469. The molecule has 1 aliphatic heterocycles. The average Bonchev–Trinajstić information content (AvgIpc) is 2.12. The minimum absolute atomic E-state index is 0.143. The Kier molecular flexibility index (Phi) is 1.72. The molecule has 0 radical (unpaired) electrons. The Morgan fingerprint density at radius 1 is 1.46 bits per heavy atom. The van der Waals surface area contributed by atoms with Crippen molar-refractivity contribution in [3.05, 3.63) is 23.3 Å². The SMILES string of the molecule is Cc1c(N)ccc2c1OCCC2=O. The summed E-state index contributed by atoms with van der Waals surface area (Å²) in [6, 6.07) is 3.49. The fourth-order valence-electron chi connectivity index (χ4n) is 1.49. The van der Waals surface area contributed by atoms with Crippen LogP contribution in [0.3, 0.4) is 0 Å². The fraction of sp³-hybridized carbons (Fsp3) is 0.300. The van der Waals surface area contributed by atoms with Crippen molar-refractivity contribution in [1.29, 1.82) is 0 Å². The zero-order valence-electron chi connectivity index (χ0n) is 7.46. The highest BCUT2D eigenvalue weighted by Crippen LogP contribution is 2.31. The highest BCUT2D eigenvalue weighted by atomic mass is 16.5. The largest absolute Gasteiger partial charge is 0.492 e. The lowest BCUT2D eigenvalue weighted by Gasteiger charge is -2.18. The van der Waals surface area contributed by atoms with E-state index in [1.807, 2.05) is 6.92 Å². The predicted octanol–water partition coefficient (Wildman–Crippen LogP) is 1.54. The molecule has 0 saturated carbocycles. The molecule has 0 unspecified atom stereocenters. The number of anilines is 1. The molecule has 0 fully saturated rings. The molecule has 0 bridgehead atoms. The summed E-state index contributed by atoms with van der Waals surface area (Å²) in [6.45, 7) is 2.34. The number of ether oxygens (including phenoxy) is 1. The van der Waals surface area contributed by atoms with Crippen molar-refractivity contribution < 1.29 is 9.53 Å². The van der Waals surface area contributed by atoms with Crippen molar-refractivity contribution >= 4 is 11.5 Å². The molecule has 2 rings (SSSR count). The molecular weight excluding hydrogens is 166 g/mol. The van der Waals surface area contributed by atoms with Crippen LogP contribution >= 0.6 is 0 Å². The summed E-state index contributed by atoms with van der Waals surface area (Å²) in [5.41, 5.74) is 7.90. The summed E-state index contributed by atoms with van der Waals surface area (Å²) in [5, 5.41) is 0. The number of nitrogen functional groups attached to an aromatic ring is 1. The Bertz CT molecular complexity index is 371. The van der Waals surface area contributed by atoms with Crippen molar-refractivity contribution in [3.8, 4) is 5.75 Å². The van der Waals surface area contributed by atoms with Crippen LogP contribution in [0.25, 0.3) is 0 Å². The van der Waals surface area contributed by atoms with Crippen molar-refractivity contribution in [2.24, 2.45) is 0 Å². The van der Waals surface area contributed by atoms with Crippen LogP contribution in [0.5, 0.6) is 5.75 Å². The van der Waals surface area contributed by atoms with Crippen LogP contribution in [-0.2, 0) is 0 Å². The molecule has 0 aromatic heterocycles. The fourth-order valence-corrected chi connectivity index (χ4v) is 1.49. The molecule has 0 aliphatic carbocycles. The number of ketones is 1. The van der Waals surface area contributed by atoms with Gasteiger partial charge >= 0.3 is 0 Å². The summed E-state index contributed by atoms with van der Waals surface area (Å²) in [5.74, 6) is 0.806. The van der Waals surface area contributed by atoms with Crippen LogP contribution in [0, 0.1) is 6.92 Å². The van der Waals surface area contributed by atoms with Crippen LogP contribution in [0.2, 0.25) is 0 Å². The zero-order valence-corrected chi connectivity index (χ0v) is 7.46. The molecule has 0 atom stereocenters. The average molecular weight is 177 g/mol. The molecule has 1 heterocycles. The van der Waals surface area contributed by atoms with E-state index in [0.717, 1.165) is 5.56 Å². The van der Waals surface area contributed by atoms with Gasteiger partial charge in [0, 0.05) is 17.7 Å². The summed E-state index contributed by atoms with van der Waals surface area (Å²) < 4.78 is 5.40. The molecule has 0 amide bonds. The van der Waals surface area contributed by atoms with Crippen LogP contribution in [0.1, 0.15) is 22.3 Å². The van der Waals surface area contributed by atoms with Crippen LogP contribution < -0.4 is 10.5 Å². The quantitative estimate of drug-likeness (QED) is 0.611. The number of benzene rings is 1. The topological polar surface area (TPSA) is 52.3 Å². The predicted molar refractivity (Wildman–Crippen MR) is 50.0 cm³/mol. The summed E-state index contributed by atoms with van der Waals surface area (Å²) in [7, 11) is 0. The molecule has 68 valence electrons. The third-order valence-corrected chi connectivity index (χ3v) is 2.32. The van der Waals surface area contributed by atoms with Gasteiger partial charge in [-0.25, -0.2) is 0 Å². The van der Waals surface area contributed by atoms with Gasteiger partial charge in [0.1, 0.15) is 5.75 Å². The number of carbonyl (C=O) groups excluding carboxylic acids is 1. The molecule has 3 heteroatoms. The third-order valence-electron chi connectivity index (χ3n) is 2.32. The highest BCUT2D eigenvalue weighted by Gasteiger charge is 2.20. The van der Waals surface area contributed by atoms with Gasteiger partial charge in [0.25, 0.3) is 0 Å². The lowest BCUT2D eigenvalue weighted by Crippen LogP contribution is -2.16. The third kappa shape index (κ3) is 1.16. The molecule has 0 saturated heterocycles. The molecule has 0 spiro atoms. The van der Waals surface area contributed by atoms with Crippen molar-refractivity contribution in [1.82, 2.24) is 0 Å². The van der Waals surface area contributed by atoms with E-state index in [2.05, 4.69) is 0 Å². The highest BCUT2D eigenvalue weighted by molar-refractivity contribution is 6.00. The van der Waals surface area contributed by atoms with E-state index in [4.69, 9.17) is 10.5 Å². The zero-order chi connectivity index (χ0) is 9.42. The minimum Gasteiger partial charge on any atom is -0.492 e. The minimum atomic E-state index is 0.143. The Morgan fingerprint density at radius 2 is 2.23 bits per heavy atom. The van der Waals surface area contributed by atoms with Crippen LogP contribution in [-0.4, -0.2) is 12.4 Å². The van der Waals surface area contributed by atoms with E-state index in [9.17, 15) is 4.79 Å². The summed E-state index contributed by atoms with van der Waals surface area (Å²) >= 11 is 0. The number of hydrogen-bond acceptors (Lipinski definition) is 3. The van der Waals surface area contributed by atoms with Crippen LogP contribution in [0.15, 0.2) is 12.1 Å². The number of hydrogen-bond donors (Lipinski definition) is 1. The van der Waals surface area contributed by atoms with Gasteiger partial charge in [-0.2, -0.15) is 0 Å². The van der Waals surface area contributed by atoms with Gasteiger partial charge in [-0.1, -0.05) is 0 Å². The van der Waals surface area contributed by atoms with Gasteiger partial charge < -0.3 is 10.5 Å². The Balaban J connectivity index is 2.63. The van der Waals surface area contributed by atoms with E-state index in [1.165, 1.54) is 0 Å². The van der Waals surface area contributed by atoms with Gasteiger partial charge in [-0.3, -0.25) is 4.79 Å². The van der Waals surface area contributed by atoms with Crippen molar-refractivity contribution in [3.63, 3.8) is 0 Å². The lowest BCUT2D eigenvalue weighted by molar-refractivity contribution is 0.0933. The maximum absolute atomic E-state index is 11.4. The number of Topliss-reactive ketones (excluding diaryl/α,β-unsaturated/α-hetero) is 1. The first kappa shape index (κ1) is 8.10. The number of rotatable bonds is 0. The first-order valence-corrected chi connectivity index (χ1v) is 4.25. The van der Waals surface area contributed by atoms with Crippen LogP contribution in [0.4, 0.5) is 5.69 Å². The molecule has 1 aromatic rings. The second-order valence-corrected chi connectivity index (χ2v) is 3.18. The van der Waals surface area contributed by atoms with Gasteiger partial charge in [-0.05, 0) is 19.1 Å². The molecule has 2 N–H and O–H groups in total. The van der Waals surface area contributed by atoms with Gasteiger partial charge in [0.15, 0.2) is 5.78 Å². The first-order chi connectivity index (χ1) is 6.20. The van der Waals surface area contributed by atoms with E-state index < -0.39 is 0 Å². The van der Waals surface area contributed by atoms with Gasteiger partial charge in [0.05, 0.1) is 12.2 Å². The van der Waals surface area contributed by atoms with Crippen molar-refractivity contribution in [2.45, 2.75) is 13.3 Å². The number of carbonyl (C=O) groups is 1. The molecule has 13 heavy (non-hydrogen) atoms. The lowest BCUT2D eigenvalue weighted by atomic mass is 10.0. The standard InChI is InChI=1S/C10H11NO2/c1-6-8(11)3-2-7-9(12)4-5-13-10(6)7/h2-3H,4-5,11H2,1H3. The summed E-state index contributed by atoms with van der Waals surface area (Å²) in [4.78, 5) is 11.4. The van der Waals surface area contributed by atoms with E-state index in [0.29, 0.717) is 30.0 Å². The van der Waals surface area contributed by atoms with Gasteiger partial charge in [-0.15, -0.1) is 0 Å². The Labute approximate surface area is 76.5 Å². The monoisotopic (exact) mass is 177 g/mol. The van der Waals surface area contributed by atoms with Gasteiger partial charge in [0.2, 0.25) is 0 Å². The maximum atomic E-state index is 11.4. The molecule has 3 nitrogen and oxygen atoms in total. The Morgan fingerprint density at radius 3 is 3.00 bits per heavy atom. The number of fused-ring (bicyclic) bond motifs is 1. The Hall–Kier alpha value is -1.51. The van der Waals surface area contributed by atoms with E-state index >= 15 is 0 Å².